The van der Waals surface area contributed by atoms with E-state index in [2.05, 4.69) is 40.9 Å². The molecule has 0 aliphatic heterocycles. The van der Waals surface area contributed by atoms with Crippen molar-refractivity contribution in [2.45, 2.75) is 6.42 Å². The Labute approximate surface area is 180 Å². The number of hydrogen-bond donors (Lipinski definition) is 5. The van der Waals surface area contributed by atoms with Crippen LogP contribution in [-0.4, -0.2) is 41.5 Å². The zero-order valence-electron chi connectivity index (χ0n) is 16.6. The summed E-state index contributed by atoms with van der Waals surface area (Å²) in [6.07, 6.45) is 2.24. The number of carbonyl (C=O) groups is 1. The summed E-state index contributed by atoms with van der Waals surface area (Å²) in [4.78, 5) is 34.6. The van der Waals surface area contributed by atoms with E-state index in [-0.39, 0.29) is 17.4 Å². The highest BCUT2D eigenvalue weighted by Crippen LogP contribution is 2.25. The Balaban J connectivity index is 1.35. The van der Waals surface area contributed by atoms with Gasteiger partial charge >= 0.3 is 0 Å². The first-order valence-electron chi connectivity index (χ1n) is 9.67. The lowest BCUT2D eigenvalue weighted by Crippen LogP contribution is -2.13. The Morgan fingerprint density at radius 1 is 1.09 bits per heavy atom. The summed E-state index contributed by atoms with van der Waals surface area (Å²) >= 11 is 0. The molecule has 5 rings (SSSR count). The highest BCUT2D eigenvalue weighted by atomic mass is 16.1. The van der Waals surface area contributed by atoms with Crippen molar-refractivity contribution in [1.29, 1.82) is 0 Å². The van der Waals surface area contributed by atoms with E-state index in [1.54, 1.807) is 30.5 Å². The number of para-hydroxylation sites is 1. The zero-order chi connectivity index (χ0) is 22.1. The van der Waals surface area contributed by atoms with Gasteiger partial charge in [-0.1, -0.05) is 24.3 Å². The largest absolute Gasteiger partial charge is 0.369 e. The second-order valence-electron chi connectivity index (χ2n) is 7.10. The van der Waals surface area contributed by atoms with Gasteiger partial charge in [-0.25, -0.2) is 0 Å². The van der Waals surface area contributed by atoms with E-state index in [9.17, 15) is 9.59 Å². The molecule has 2 aromatic carbocycles. The molecule has 0 aliphatic carbocycles. The van der Waals surface area contributed by atoms with Gasteiger partial charge in [-0.2, -0.15) is 10.2 Å². The standard InChI is InChI=1S/C21H17N9O2/c22-21-25-18-16(20(32)26-21)13(10-23-18)9-11-5-7-12(8-6-11)19(31)24-15-4-2-1-3-14(15)17-27-29-30-28-17/h1-8,10H,9H2,(H,24,31)(H,27,28,29,30)(H4,22,23,25,26,32). The van der Waals surface area contributed by atoms with Crippen LogP contribution in [0.4, 0.5) is 11.6 Å². The van der Waals surface area contributed by atoms with Crippen molar-refractivity contribution < 1.29 is 4.79 Å². The van der Waals surface area contributed by atoms with Gasteiger partial charge in [0.05, 0.1) is 11.1 Å². The lowest BCUT2D eigenvalue weighted by molar-refractivity contribution is 0.102. The number of aromatic nitrogens is 7. The summed E-state index contributed by atoms with van der Waals surface area (Å²) in [5, 5.41) is 17.3. The summed E-state index contributed by atoms with van der Waals surface area (Å²) in [6, 6.07) is 14.4. The Bertz CT molecular complexity index is 1470. The van der Waals surface area contributed by atoms with E-state index in [0.29, 0.717) is 40.1 Å². The molecular weight excluding hydrogens is 410 g/mol. The number of tetrazole rings is 1. The molecule has 32 heavy (non-hydrogen) atoms. The maximum atomic E-state index is 12.8. The fraction of sp³-hybridized carbons (Fsp3) is 0.0476. The van der Waals surface area contributed by atoms with Crippen molar-refractivity contribution in [3.8, 4) is 11.4 Å². The van der Waals surface area contributed by atoms with E-state index >= 15 is 0 Å². The van der Waals surface area contributed by atoms with Crippen molar-refractivity contribution in [3.63, 3.8) is 0 Å². The number of nitrogens with one attached hydrogen (secondary N) is 4. The molecule has 0 saturated heterocycles. The van der Waals surface area contributed by atoms with Crippen LogP contribution in [0, 0.1) is 0 Å². The van der Waals surface area contributed by atoms with Crippen LogP contribution in [-0.2, 0) is 6.42 Å². The van der Waals surface area contributed by atoms with Crippen LogP contribution in [0.25, 0.3) is 22.4 Å². The van der Waals surface area contributed by atoms with Gasteiger partial charge in [0, 0.05) is 17.3 Å². The van der Waals surface area contributed by atoms with Crippen LogP contribution >= 0.6 is 0 Å². The van der Waals surface area contributed by atoms with Gasteiger partial charge in [0.15, 0.2) is 0 Å². The molecule has 0 bridgehead atoms. The first kappa shape index (κ1) is 19.2. The minimum atomic E-state index is -0.292. The molecule has 0 fully saturated rings. The first-order chi connectivity index (χ1) is 15.6. The third-order valence-corrected chi connectivity index (χ3v) is 5.01. The molecule has 5 aromatic rings. The van der Waals surface area contributed by atoms with Crippen LogP contribution in [0.5, 0.6) is 0 Å². The fourth-order valence-corrected chi connectivity index (χ4v) is 3.51. The maximum Gasteiger partial charge on any atom is 0.262 e. The van der Waals surface area contributed by atoms with Gasteiger partial charge < -0.3 is 16.0 Å². The van der Waals surface area contributed by atoms with Crippen LogP contribution in [0.1, 0.15) is 21.5 Å². The third-order valence-electron chi connectivity index (χ3n) is 5.01. The molecule has 0 unspecified atom stereocenters. The lowest BCUT2D eigenvalue weighted by Gasteiger charge is -2.09. The number of benzene rings is 2. The maximum absolute atomic E-state index is 12.8. The van der Waals surface area contributed by atoms with E-state index < -0.39 is 0 Å². The predicted octanol–water partition coefficient (Wildman–Crippen LogP) is 1.86. The Hall–Kier alpha value is -4.80. The Kier molecular flexibility index (Phi) is 4.67. The van der Waals surface area contributed by atoms with Gasteiger partial charge in [0.1, 0.15) is 5.65 Å². The van der Waals surface area contributed by atoms with E-state index in [0.717, 1.165) is 11.1 Å². The average Bonchev–Trinajstić information content (AvgIpc) is 3.45. The molecular formula is C21H17N9O2. The van der Waals surface area contributed by atoms with Gasteiger partial charge in [-0.15, -0.1) is 10.2 Å². The monoisotopic (exact) mass is 427 g/mol. The van der Waals surface area contributed by atoms with Crippen LogP contribution in [0.15, 0.2) is 59.5 Å². The average molecular weight is 427 g/mol. The molecule has 3 heterocycles. The minimum Gasteiger partial charge on any atom is -0.369 e. The number of nitrogens with zero attached hydrogens (tertiary/aromatic N) is 4. The van der Waals surface area contributed by atoms with Gasteiger partial charge in [0.2, 0.25) is 11.8 Å². The van der Waals surface area contributed by atoms with Crippen molar-refractivity contribution in [3.05, 3.63) is 81.8 Å². The number of aromatic amines is 3. The number of H-pyrrole nitrogens is 3. The van der Waals surface area contributed by atoms with Crippen LogP contribution in [0.2, 0.25) is 0 Å². The smallest absolute Gasteiger partial charge is 0.262 e. The van der Waals surface area contributed by atoms with Crippen molar-refractivity contribution >= 4 is 28.6 Å². The van der Waals surface area contributed by atoms with Gasteiger partial charge in [-0.3, -0.25) is 14.6 Å². The molecule has 0 radical (unpaired) electrons. The number of carbonyl (C=O) groups excluding carboxylic acids is 1. The Morgan fingerprint density at radius 3 is 2.69 bits per heavy atom. The number of nitrogens with two attached hydrogens (primary N) is 1. The molecule has 3 aromatic heterocycles. The molecule has 0 atom stereocenters. The van der Waals surface area contributed by atoms with Crippen LogP contribution < -0.4 is 16.6 Å². The van der Waals surface area contributed by atoms with Crippen molar-refractivity contribution in [2.75, 3.05) is 11.1 Å². The van der Waals surface area contributed by atoms with E-state index in [1.165, 1.54) is 0 Å². The molecule has 1 amide bonds. The SMILES string of the molecule is Nc1nc2[nH]cc(Cc3ccc(C(=O)Nc4ccccc4-c4nn[nH]n4)cc3)c2c(=O)[nH]1. The van der Waals surface area contributed by atoms with Crippen molar-refractivity contribution in [1.82, 2.24) is 35.6 Å². The number of rotatable bonds is 5. The highest BCUT2D eigenvalue weighted by molar-refractivity contribution is 6.06. The van der Waals surface area contributed by atoms with Crippen molar-refractivity contribution in [2.24, 2.45) is 0 Å². The highest BCUT2D eigenvalue weighted by Gasteiger charge is 2.14. The molecule has 158 valence electrons. The zero-order valence-corrected chi connectivity index (χ0v) is 16.6. The van der Waals surface area contributed by atoms with Gasteiger partial charge in [0.25, 0.3) is 11.5 Å². The molecule has 0 aliphatic rings. The summed E-state index contributed by atoms with van der Waals surface area (Å²) < 4.78 is 0. The van der Waals surface area contributed by atoms with E-state index in [1.807, 2.05) is 24.3 Å². The number of fused-ring (bicyclic) bond motifs is 1. The normalized spacial score (nSPS) is 11.0. The number of anilines is 2. The lowest BCUT2D eigenvalue weighted by atomic mass is 10.0. The quantitative estimate of drug-likeness (QED) is 0.285. The third kappa shape index (κ3) is 3.58. The number of nitrogen functional groups attached to an aromatic ring is 1. The fourth-order valence-electron chi connectivity index (χ4n) is 3.51. The second-order valence-corrected chi connectivity index (χ2v) is 7.10. The van der Waals surface area contributed by atoms with E-state index in [4.69, 9.17) is 5.73 Å². The predicted molar refractivity (Wildman–Crippen MR) is 118 cm³/mol. The number of amides is 1. The summed E-state index contributed by atoms with van der Waals surface area (Å²) in [7, 11) is 0. The van der Waals surface area contributed by atoms with Crippen LogP contribution in [0.3, 0.4) is 0 Å². The first-order valence-corrected chi connectivity index (χ1v) is 9.67. The summed E-state index contributed by atoms with van der Waals surface area (Å²) in [5.74, 6) is 0.184. The number of hydrogen-bond acceptors (Lipinski definition) is 7. The molecule has 11 nitrogen and oxygen atoms in total. The minimum absolute atomic E-state index is 0.0622. The topological polar surface area (TPSA) is 171 Å². The van der Waals surface area contributed by atoms with Gasteiger partial charge in [-0.05, 0) is 47.0 Å². The molecule has 11 heteroatoms. The Morgan fingerprint density at radius 2 is 1.91 bits per heavy atom. The summed E-state index contributed by atoms with van der Waals surface area (Å²) in [6.45, 7) is 0. The second kappa shape index (κ2) is 7.80. The summed E-state index contributed by atoms with van der Waals surface area (Å²) in [5.41, 5.74) is 9.19. The molecule has 0 saturated carbocycles. The molecule has 6 N–H and O–H groups in total. The molecule has 0 spiro atoms.